The standard InChI is InChI=1S/C26H29N3O2/c1-5-24-18(2)29(22-9-8-10-23(30)17-22)19(3)25(24)26(31)27(4)20-11-13-21(14-12-20)28-15-6-7-16-28/h5,8-14,17,30H,1,6-7,15-16H2,2-4H3. The minimum Gasteiger partial charge on any atom is -0.508 e. The molecule has 2 aromatic carbocycles. The molecule has 5 heteroatoms. The Kier molecular flexibility index (Phi) is 5.59. The van der Waals surface area contributed by atoms with Crippen LogP contribution >= 0.6 is 0 Å². The second-order valence-corrected chi connectivity index (χ2v) is 8.09. The van der Waals surface area contributed by atoms with Gasteiger partial charge in [-0.2, -0.15) is 0 Å². The summed E-state index contributed by atoms with van der Waals surface area (Å²) in [5, 5.41) is 9.92. The molecule has 31 heavy (non-hydrogen) atoms. The number of benzene rings is 2. The van der Waals surface area contributed by atoms with Gasteiger partial charge in [0, 0.05) is 60.2 Å². The van der Waals surface area contributed by atoms with Gasteiger partial charge in [0.05, 0.1) is 5.56 Å². The lowest BCUT2D eigenvalue weighted by atomic mass is 10.1. The number of nitrogens with zero attached hydrogens (tertiary/aromatic N) is 3. The Morgan fingerprint density at radius 3 is 2.32 bits per heavy atom. The zero-order valence-corrected chi connectivity index (χ0v) is 18.4. The van der Waals surface area contributed by atoms with E-state index < -0.39 is 0 Å². The van der Waals surface area contributed by atoms with Gasteiger partial charge >= 0.3 is 0 Å². The molecule has 1 amide bonds. The van der Waals surface area contributed by atoms with E-state index in [9.17, 15) is 9.90 Å². The number of aromatic nitrogens is 1. The van der Waals surface area contributed by atoms with Crippen LogP contribution < -0.4 is 9.80 Å². The molecular weight excluding hydrogens is 386 g/mol. The molecule has 0 unspecified atom stereocenters. The van der Waals surface area contributed by atoms with Crippen molar-refractivity contribution in [2.45, 2.75) is 26.7 Å². The molecule has 1 N–H and O–H groups in total. The Hall–Kier alpha value is -3.47. The van der Waals surface area contributed by atoms with Crippen molar-refractivity contribution in [2.75, 3.05) is 29.9 Å². The van der Waals surface area contributed by atoms with Crippen LogP contribution in [0.15, 0.2) is 55.1 Å². The highest BCUT2D eigenvalue weighted by atomic mass is 16.3. The molecule has 3 aromatic rings. The van der Waals surface area contributed by atoms with E-state index in [4.69, 9.17) is 0 Å². The van der Waals surface area contributed by atoms with E-state index in [0.717, 1.165) is 41.4 Å². The first kappa shape index (κ1) is 20.8. The summed E-state index contributed by atoms with van der Waals surface area (Å²) < 4.78 is 1.99. The van der Waals surface area contributed by atoms with Crippen molar-refractivity contribution >= 4 is 23.4 Å². The fourth-order valence-corrected chi connectivity index (χ4v) is 4.55. The van der Waals surface area contributed by atoms with Crippen LogP contribution in [0.4, 0.5) is 11.4 Å². The van der Waals surface area contributed by atoms with Gasteiger partial charge in [-0.1, -0.05) is 18.7 Å². The Morgan fingerprint density at radius 1 is 1.03 bits per heavy atom. The molecule has 0 atom stereocenters. The summed E-state index contributed by atoms with van der Waals surface area (Å²) in [6.07, 6.45) is 4.21. The molecule has 5 nitrogen and oxygen atoms in total. The minimum absolute atomic E-state index is 0.0803. The van der Waals surface area contributed by atoms with Gasteiger partial charge in [0.2, 0.25) is 0 Å². The Morgan fingerprint density at radius 2 is 1.71 bits per heavy atom. The summed E-state index contributed by atoms with van der Waals surface area (Å²) in [5.41, 5.74) is 6.05. The number of rotatable bonds is 5. The molecule has 160 valence electrons. The number of amides is 1. The van der Waals surface area contributed by atoms with Crippen LogP contribution in [0, 0.1) is 13.8 Å². The second-order valence-electron chi connectivity index (χ2n) is 8.09. The van der Waals surface area contributed by atoms with Crippen molar-refractivity contribution in [1.82, 2.24) is 4.57 Å². The van der Waals surface area contributed by atoms with E-state index in [1.807, 2.05) is 36.6 Å². The molecule has 0 radical (unpaired) electrons. The van der Waals surface area contributed by atoms with Crippen LogP contribution in [0.1, 0.15) is 40.2 Å². The summed E-state index contributed by atoms with van der Waals surface area (Å²) in [5.74, 6) is 0.108. The van der Waals surface area contributed by atoms with Crippen LogP contribution in [-0.2, 0) is 0 Å². The summed E-state index contributed by atoms with van der Waals surface area (Å²) >= 11 is 0. The number of hydrogen-bond donors (Lipinski definition) is 1. The number of carbonyl (C=O) groups excluding carboxylic acids is 1. The van der Waals surface area contributed by atoms with Crippen molar-refractivity contribution in [1.29, 1.82) is 0 Å². The van der Waals surface area contributed by atoms with Crippen LogP contribution in [-0.4, -0.2) is 35.7 Å². The van der Waals surface area contributed by atoms with E-state index in [2.05, 4.69) is 23.6 Å². The smallest absolute Gasteiger partial charge is 0.260 e. The summed E-state index contributed by atoms with van der Waals surface area (Å²) in [4.78, 5) is 17.6. The van der Waals surface area contributed by atoms with Crippen LogP contribution in [0.25, 0.3) is 11.8 Å². The maximum absolute atomic E-state index is 13.6. The Balaban J connectivity index is 1.69. The SMILES string of the molecule is C=Cc1c(C(=O)N(C)c2ccc(N3CCCC3)cc2)c(C)n(-c2cccc(O)c2)c1C. The van der Waals surface area contributed by atoms with Gasteiger partial charge < -0.3 is 19.5 Å². The minimum atomic E-state index is -0.0803. The molecule has 2 heterocycles. The molecule has 1 aromatic heterocycles. The Labute approximate surface area is 183 Å². The highest BCUT2D eigenvalue weighted by Gasteiger charge is 2.25. The molecule has 0 bridgehead atoms. The van der Waals surface area contributed by atoms with Crippen LogP contribution in [0.5, 0.6) is 5.75 Å². The fraction of sp³-hybridized carbons (Fsp3) is 0.269. The topological polar surface area (TPSA) is 48.7 Å². The number of anilines is 2. The largest absolute Gasteiger partial charge is 0.508 e. The summed E-state index contributed by atoms with van der Waals surface area (Å²) in [6.45, 7) is 10.0. The van der Waals surface area contributed by atoms with E-state index in [0.29, 0.717) is 5.56 Å². The van der Waals surface area contributed by atoms with Crippen molar-refractivity contribution in [3.8, 4) is 11.4 Å². The van der Waals surface area contributed by atoms with Gasteiger partial charge in [-0.15, -0.1) is 0 Å². The summed E-state index contributed by atoms with van der Waals surface area (Å²) in [7, 11) is 1.81. The molecule has 0 saturated carbocycles. The lowest BCUT2D eigenvalue weighted by Crippen LogP contribution is -2.27. The van der Waals surface area contributed by atoms with Crippen molar-refractivity contribution in [2.24, 2.45) is 0 Å². The van der Waals surface area contributed by atoms with Crippen LogP contribution in [0.3, 0.4) is 0 Å². The highest BCUT2D eigenvalue weighted by molar-refractivity contribution is 6.09. The molecule has 1 aliphatic heterocycles. The van der Waals surface area contributed by atoms with Crippen molar-refractivity contribution < 1.29 is 9.90 Å². The first-order chi connectivity index (χ1) is 14.9. The van der Waals surface area contributed by atoms with Gasteiger partial charge in [-0.3, -0.25) is 4.79 Å². The molecule has 1 fully saturated rings. The molecular formula is C26H29N3O2. The second kappa shape index (κ2) is 8.34. The van der Waals surface area contributed by atoms with E-state index >= 15 is 0 Å². The predicted molar refractivity (Wildman–Crippen MR) is 128 cm³/mol. The monoisotopic (exact) mass is 415 g/mol. The van der Waals surface area contributed by atoms with Gasteiger partial charge in [-0.25, -0.2) is 0 Å². The maximum Gasteiger partial charge on any atom is 0.260 e. The fourth-order valence-electron chi connectivity index (χ4n) is 4.55. The molecule has 1 aliphatic rings. The average Bonchev–Trinajstić information content (AvgIpc) is 3.39. The third kappa shape index (κ3) is 3.72. The van der Waals surface area contributed by atoms with Crippen molar-refractivity contribution in [3.63, 3.8) is 0 Å². The molecule has 0 aliphatic carbocycles. The first-order valence-electron chi connectivity index (χ1n) is 10.7. The molecule has 4 rings (SSSR count). The van der Waals surface area contributed by atoms with Crippen molar-refractivity contribution in [3.05, 3.63) is 77.6 Å². The van der Waals surface area contributed by atoms with Gasteiger partial charge in [0.1, 0.15) is 5.75 Å². The van der Waals surface area contributed by atoms with E-state index in [-0.39, 0.29) is 11.7 Å². The van der Waals surface area contributed by atoms with Gasteiger partial charge in [-0.05, 0) is 63.1 Å². The average molecular weight is 416 g/mol. The molecule has 0 spiro atoms. The number of phenols is 1. The predicted octanol–water partition coefficient (Wildman–Crippen LogP) is 5.32. The number of phenolic OH excluding ortho intramolecular Hbond substituents is 1. The lowest BCUT2D eigenvalue weighted by molar-refractivity contribution is 0.0992. The molecule has 1 saturated heterocycles. The number of hydrogen-bond acceptors (Lipinski definition) is 3. The van der Waals surface area contributed by atoms with Gasteiger partial charge in [0.25, 0.3) is 5.91 Å². The van der Waals surface area contributed by atoms with E-state index in [1.54, 1.807) is 36.2 Å². The zero-order valence-electron chi connectivity index (χ0n) is 18.4. The maximum atomic E-state index is 13.6. The first-order valence-corrected chi connectivity index (χ1v) is 10.7. The van der Waals surface area contributed by atoms with Crippen LogP contribution in [0.2, 0.25) is 0 Å². The highest BCUT2D eigenvalue weighted by Crippen LogP contribution is 2.31. The van der Waals surface area contributed by atoms with E-state index in [1.165, 1.54) is 18.5 Å². The quantitative estimate of drug-likeness (QED) is 0.614. The third-order valence-electron chi connectivity index (χ3n) is 6.21. The number of aromatic hydroxyl groups is 1. The number of carbonyl (C=O) groups is 1. The van der Waals surface area contributed by atoms with Gasteiger partial charge in [0.15, 0.2) is 0 Å². The zero-order chi connectivity index (χ0) is 22.1. The normalized spacial score (nSPS) is 13.5. The lowest BCUT2D eigenvalue weighted by Gasteiger charge is -2.21. The summed E-state index contributed by atoms with van der Waals surface area (Å²) in [6, 6.07) is 15.2. The third-order valence-corrected chi connectivity index (χ3v) is 6.21. The Bertz CT molecular complexity index is 1120.